The zero-order valence-electron chi connectivity index (χ0n) is 12.3. The molecule has 0 aliphatic carbocycles. The summed E-state index contributed by atoms with van der Waals surface area (Å²) in [4.78, 5) is 2.53. The van der Waals surface area contributed by atoms with Crippen molar-refractivity contribution >= 4 is 0 Å². The Morgan fingerprint density at radius 3 is 2.44 bits per heavy atom. The lowest BCUT2D eigenvalue weighted by molar-refractivity contribution is 0.145. The van der Waals surface area contributed by atoms with E-state index in [1.54, 1.807) is 6.26 Å². The molecule has 1 aromatic heterocycles. The molecule has 104 valence electrons. The van der Waals surface area contributed by atoms with Gasteiger partial charge in [0.25, 0.3) is 0 Å². The number of hydrogen-bond acceptors (Lipinski definition) is 3. The van der Waals surface area contributed by atoms with Gasteiger partial charge in [-0.3, -0.25) is 4.90 Å². The molecule has 0 radical (unpaired) electrons. The van der Waals surface area contributed by atoms with E-state index in [0.717, 1.165) is 24.4 Å². The van der Waals surface area contributed by atoms with Gasteiger partial charge < -0.3 is 10.2 Å². The van der Waals surface area contributed by atoms with E-state index >= 15 is 0 Å². The maximum atomic E-state index is 5.73. The van der Waals surface area contributed by atoms with E-state index < -0.39 is 0 Å². The third-order valence-corrected chi connectivity index (χ3v) is 3.46. The van der Waals surface area contributed by atoms with Crippen LogP contribution in [-0.2, 0) is 13.1 Å². The first kappa shape index (κ1) is 15.3. The average Bonchev–Trinajstić information content (AvgIpc) is 2.77. The summed E-state index contributed by atoms with van der Waals surface area (Å²) < 4.78 is 5.59. The molecule has 3 heteroatoms. The van der Waals surface area contributed by atoms with Crippen molar-refractivity contribution in [3.05, 3.63) is 23.7 Å². The Kier molecular flexibility index (Phi) is 6.44. The molecule has 0 saturated heterocycles. The molecule has 0 bridgehead atoms. The molecule has 1 heterocycles. The van der Waals surface area contributed by atoms with Crippen LogP contribution in [0.15, 0.2) is 16.7 Å². The van der Waals surface area contributed by atoms with Crippen molar-refractivity contribution in [2.75, 3.05) is 6.54 Å². The topological polar surface area (TPSA) is 42.4 Å². The van der Waals surface area contributed by atoms with Crippen molar-refractivity contribution in [2.24, 2.45) is 11.7 Å². The number of nitrogens with zero attached hydrogens (tertiary/aromatic N) is 1. The second-order valence-electron chi connectivity index (χ2n) is 5.37. The Labute approximate surface area is 111 Å². The van der Waals surface area contributed by atoms with Gasteiger partial charge >= 0.3 is 0 Å². The summed E-state index contributed by atoms with van der Waals surface area (Å²) in [6.45, 7) is 11.6. The lowest BCUT2D eigenvalue weighted by Gasteiger charge is -2.31. The van der Waals surface area contributed by atoms with Gasteiger partial charge in [-0.05, 0) is 24.8 Å². The fraction of sp³-hybridized carbons (Fsp3) is 0.733. The van der Waals surface area contributed by atoms with Crippen molar-refractivity contribution in [1.29, 1.82) is 0 Å². The standard InChI is InChI=1S/C15H28N2O/c1-5-14(6-2)17(10-12(3)4)11-15-13(9-16)7-8-18-15/h7-8,12,14H,5-6,9-11,16H2,1-4H3. The predicted octanol–water partition coefficient (Wildman–Crippen LogP) is 3.38. The summed E-state index contributed by atoms with van der Waals surface area (Å²) in [6.07, 6.45) is 4.11. The summed E-state index contributed by atoms with van der Waals surface area (Å²) in [7, 11) is 0. The summed E-state index contributed by atoms with van der Waals surface area (Å²) in [5.74, 6) is 1.70. The summed E-state index contributed by atoms with van der Waals surface area (Å²) in [5, 5.41) is 0. The molecule has 1 aromatic rings. The van der Waals surface area contributed by atoms with Gasteiger partial charge in [-0.1, -0.05) is 27.7 Å². The number of furan rings is 1. The van der Waals surface area contributed by atoms with Gasteiger partial charge in [0.15, 0.2) is 0 Å². The smallest absolute Gasteiger partial charge is 0.122 e. The van der Waals surface area contributed by atoms with Crippen LogP contribution in [0.3, 0.4) is 0 Å². The zero-order valence-corrected chi connectivity index (χ0v) is 12.3. The minimum Gasteiger partial charge on any atom is -0.468 e. The largest absolute Gasteiger partial charge is 0.468 e. The van der Waals surface area contributed by atoms with Crippen molar-refractivity contribution in [3.8, 4) is 0 Å². The lowest BCUT2D eigenvalue weighted by Crippen LogP contribution is -2.36. The van der Waals surface area contributed by atoms with Crippen LogP contribution in [-0.4, -0.2) is 17.5 Å². The molecule has 3 nitrogen and oxygen atoms in total. The molecule has 1 rings (SSSR count). The van der Waals surface area contributed by atoms with Crippen molar-refractivity contribution < 1.29 is 4.42 Å². The van der Waals surface area contributed by atoms with E-state index in [1.807, 2.05) is 6.07 Å². The van der Waals surface area contributed by atoms with Crippen LogP contribution in [0.25, 0.3) is 0 Å². The Hall–Kier alpha value is -0.800. The van der Waals surface area contributed by atoms with Crippen LogP contribution in [0, 0.1) is 5.92 Å². The Morgan fingerprint density at radius 2 is 1.94 bits per heavy atom. The van der Waals surface area contributed by atoms with Gasteiger partial charge in [-0.25, -0.2) is 0 Å². The molecule has 0 aliphatic rings. The van der Waals surface area contributed by atoms with Crippen molar-refractivity contribution in [1.82, 2.24) is 4.90 Å². The molecule has 0 saturated carbocycles. The van der Waals surface area contributed by atoms with Crippen LogP contribution in [0.2, 0.25) is 0 Å². The normalized spacial score (nSPS) is 12.0. The molecule has 0 spiro atoms. The second kappa shape index (κ2) is 7.59. The molecular formula is C15H28N2O. The summed E-state index contributed by atoms with van der Waals surface area (Å²) >= 11 is 0. The molecule has 0 fully saturated rings. The molecule has 0 amide bonds. The van der Waals surface area contributed by atoms with Gasteiger partial charge in [0.05, 0.1) is 12.8 Å². The van der Waals surface area contributed by atoms with E-state index in [0.29, 0.717) is 18.5 Å². The molecule has 18 heavy (non-hydrogen) atoms. The SMILES string of the molecule is CCC(CC)N(Cc1occc1CN)CC(C)C. The van der Waals surface area contributed by atoms with Crippen LogP contribution < -0.4 is 5.73 Å². The Morgan fingerprint density at radius 1 is 1.28 bits per heavy atom. The Bertz CT molecular complexity index is 329. The lowest BCUT2D eigenvalue weighted by atomic mass is 10.1. The van der Waals surface area contributed by atoms with Crippen LogP contribution in [0.1, 0.15) is 51.9 Å². The maximum Gasteiger partial charge on any atom is 0.122 e. The van der Waals surface area contributed by atoms with Gasteiger partial charge in [0.2, 0.25) is 0 Å². The fourth-order valence-electron chi connectivity index (χ4n) is 2.49. The van der Waals surface area contributed by atoms with Crippen molar-refractivity contribution in [3.63, 3.8) is 0 Å². The van der Waals surface area contributed by atoms with Gasteiger partial charge in [-0.15, -0.1) is 0 Å². The van der Waals surface area contributed by atoms with E-state index in [2.05, 4.69) is 32.6 Å². The molecule has 0 unspecified atom stereocenters. The van der Waals surface area contributed by atoms with Crippen LogP contribution in [0.5, 0.6) is 0 Å². The molecule has 0 aromatic carbocycles. The fourth-order valence-corrected chi connectivity index (χ4v) is 2.49. The minimum absolute atomic E-state index is 0.560. The molecule has 2 N–H and O–H groups in total. The first-order chi connectivity index (χ1) is 8.62. The highest BCUT2D eigenvalue weighted by atomic mass is 16.3. The Balaban J connectivity index is 2.77. The highest BCUT2D eigenvalue weighted by Gasteiger charge is 2.19. The quantitative estimate of drug-likeness (QED) is 0.771. The molecular weight excluding hydrogens is 224 g/mol. The van der Waals surface area contributed by atoms with Crippen LogP contribution >= 0.6 is 0 Å². The van der Waals surface area contributed by atoms with E-state index in [4.69, 9.17) is 10.2 Å². The third kappa shape index (κ3) is 4.14. The monoisotopic (exact) mass is 252 g/mol. The van der Waals surface area contributed by atoms with E-state index in [1.165, 1.54) is 12.8 Å². The third-order valence-electron chi connectivity index (χ3n) is 3.46. The first-order valence-corrected chi connectivity index (χ1v) is 7.11. The number of rotatable bonds is 8. The van der Waals surface area contributed by atoms with E-state index in [-0.39, 0.29) is 0 Å². The van der Waals surface area contributed by atoms with E-state index in [9.17, 15) is 0 Å². The first-order valence-electron chi connectivity index (χ1n) is 7.11. The molecule has 0 aliphatic heterocycles. The van der Waals surface area contributed by atoms with Gasteiger partial charge in [-0.2, -0.15) is 0 Å². The number of hydrogen-bond donors (Lipinski definition) is 1. The maximum absolute atomic E-state index is 5.73. The number of nitrogens with two attached hydrogens (primary N) is 1. The second-order valence-corrected chi connectivity index (χ2v) is 5.37. The predicted molar refractivity (Wildman–Crippen MR) is 76.2 cm³/mol. The minimum atomic E-state index is 0.560. The average molecular weight is 252 g/mol. The van der Waals surface area contributed by atoms with Gasteiger partial charge in [0.1, 0.15) is 5.76 Å². The molecule has 0 atom stereocenters. The summed E-state index contributed by atoms with van der Waals surface area (Å²) in [5.41, 5.74) is 6.87. The van der Waals surface area contributed by atoms with Gasteiger partial charge in [0, 0.05) is 24.7 Å². The van der Waals surface area contributed by atoms with Crippen LogP contribution in [0.4, 0.5) is 0 Å². The highest BCUT2D eigenvalue weighted by Crippen LogP contribution is 2.18. The highest BCUT2D eigenvalue weighted by molar-refractivity contribution is 5.16. The van der Waals surface area contributed by atoms with Crippen molar-refractivity contribution in [2.45, 2.75) is 59.7 Å². The summed E-state index contributed by atoms with van der Waals surface area (Å²) in [6, 6.07) is 2.61. The zero-order chi connectivity index (χ0) is 13.5.